The molecule has 0 atom stereocenters. The molecule has 5 nitrogen and oxygen atoms in total. The monoisotopic (exact) mass is 388 g/mol. The van der Waals surface area contributed by atoms with Gasteiger partial charge in [0.2, 0.25) is 0 Å². The summed E-state index contributed by atoms with van der Waals surface area (Å²) in [5.41, 5.74) is 3.30. The molecule has 2 N–H and O–H groups in total. The van der Waals surface area contributed by atoms with Crippen molar-refractivity contribution in [3.63, 3.8) is 0 Å². The molecule has 0 unspecified atom stereocenters. The number of nitrogens with one attached hydrogen (secondary N) is 1. The van der Waals surface area contributed by atoms with Gasteiger partial charge in [-0.1, -0.05) is 23.2 Å². The van der Waals surface area contributed by atoms with Gasteiger partial charge >= 0.3 is 0 Å². The van der Waals surface area contributed by atoms with E-state index in [-0.39, 0.29) is 12.0 Å². The van der Waals surface area contributed by atoms with Gasteiger partial charge in [-0.25, -0.2) is 9.97 Å². The van der Waals surface area contributed by atoms with Gasteiger partial charge in [-0.2, -0.15) is 5.10 Å². The third kappa shape index (κ3) is 3.47. The molecule has 1 saturated carbocycles. The summed E-state index contributed by atoms with van der Waals surface area (Å²) in [7, 11) is 0. The molecular weight excluding hydrogens is 371 g/mol. The van der Waals surface area contributed by atoms with Gasteiger partial charge in [0, 0.05) is 28.3 Å². The van der Waals surface area contributed by atoms with E-state index in [1.54, 1.807) is 24.5 Å². The van der Waals surface area contributed by atoms with Gasteiger partial charge in [0.1, 0.15) is 5.82 Å². The summed E-state index contributed by atoms with van der Waals surface area (Å²) >= 11 is 12.4. The molecule has 2 heterocycles. The molecule has 1 aliphatic carbocycles. The number of rotatable bonds is 3. The van der Waals surface area contributed by atoms with Crippen LogP contribution in [-0.2, 0) is 0 Å². The zero-order valence-electron chi connectivity index (χ0n) is 14.0. The minimum atomic E-state index is -0.193. The van der Waals surface area contributed by atoms with E-state index in [4.69, 9.17) is 28.2 Å². The van der Waals surface area contributed by atoms with Gasteiger partial charge in [0.05, 0.1) is 28.7 Å². The molecule has 134 valence electrons. The Hall–Kier alpha value is -1.95. The van der Waals surface area contributed by atoms with E-state index in [1.807, 2.05) is 12.1 Å². The third-order valence-electron chi connectivity index (χ3n) is 4.85. The smallest absolute Gasteiger partial charge is 0.132 e. The van der Waals surface area contributed by atoms with E-state index in [0.717, 1.165) is 54.0 Å². The van der Waals surface area contributed by atoms with Gasteiger partial charge < -0.3 is 5.11 Å². The largest absolute Gasteiger partial charge is 0.393 e. The van der Waals surface area contributed by atoms with E-state index in [2.05, 4.69) is 15.2 Å². The molecule has 0 aliphatic heterocycles. The predicted molar refractivity (Wildman–Crippen MR) is 102 cm³/mol. The number of hydrogen-bond acceptors (Lipinski definition) is 4. The summed E-state index contributed by atoms with van der Waals surface area (Å²) in [6.45, 7) is 0. The number of aliphatic hydroxyl groups is 1. The van der Waals surface area contributed by atoms with Crippen molar-refractivity contribution in [3.05, 3.63) is 52.5 Å². The van der Waals surface area contributed by atoms with E-state index in [9.17, 15) is 5.11 Å². The fraction of sp³-hybridized carbons (Fsp3) is 0.316. The molecule has 7 heteroatoms. The Balaban J connectivity index is 1.69. The molecule has 1 aliphatic rings. The zero-order valence-corrected chi connectivity index (χ0v) is 15.5. The summed E-state index contributed by atoms with van der Waals surface area (Å²) in [5, 5.41) is 18.0. The Morgan fingerprint density at radius 2 is 1.85 bits per heavy atom. The second kappa shape index (κ2) is 7.35. The number of halogens is 2. The molecule has 1 fully saturated rings. The van der Waals surface area contributed by atoms with Crippen LogP contribution in [0.2, 0.25) is 10.0 Å². The lowest BCUT2D eigenvalue weighted by Crippen LogP contribution is -2.18. The number of aliphatic hydroxyl groups excluding tert-OH is 1. The van der Waals surface area contributed by atoms with Crippen LogP contribution in [0.15, 0.2) is 36.7 Å². The van der Waals surface area contributed by atoms with Crippen LogP contribution in [0.4, 0.5) is 0 Å². The van der Waals surface area contributed by atoms with Gasteiger partial charge in [0.25, 0.3) is 0 Å². The van der Waals surface area contributed by atoms with Crippen molar-refractivity contribution in [1.29, 1.82) is 0 Å². The van der Waals surface area contributed by atoms with Crippen molar-refractivity contribution in [2.24, 2.45) is 0 Å². The normalized spacial score (nSPS) is 20.3. The average Bonchev–Trinajstić information content (AvgIpc) is 3.12. The van der Waals surface area contributed by atoms with Crippen molar-refractivity contribution in [3.8, 4) is 22.5 Å². The number of aromatic nitrogens is 4. The van der Waals surface area contributed by atoms with Crippen molar-refractivity contribution in [2.75, 3.05) is 0 Å². The molecular formula is C19H18Cl2N4O. The second-order valence-electron chi connectivity index (χ2n) is 6.59. The van der Waals surface area contributed by atoms with Crippen LogP contribution < -0.4 is 0 Å². The van der Waals surface area contributed by atoms with Crippen LogP contribution in [0.1, 0.15) is 37.4 Å². The van der Waals surface area contributed by atoms with Crippen LogP contribution in [0, 0.1) is 0 Å². The highest BCUT2D eigenvalue weighted by Crippen LogP contribution is 2.36. The van der Waals surface area contributed by atoms with E-state index < -0.39 is 0 Å². The van der Waals surface area contributed by atoms with Crippen molar-refractivity contribution in [1.82, 2.24) is 20.2 Å². The fourth-order valence-corrected chi connectivity index (χ4v) is 3.94. The number of nitrogens with zero attached hydrogens (tertiary/aromatic N) is 3. The van der Waals surface area contributed by atoms with Crippen LogP contribution in [0.3, 0.4) is 0 Å². The van der Waals surface area contributed by atoms with E-state index in [0.29, 0.717) is 10.0 Å². The Bertz CT molecular complexity index is 919. The maximum Gasteiger partial charge on any atom is 0.132 e. The molecule has 0 radical (unpaired) electrons. The average molecular weight is 389 g/mol. The van der Waals surface area contributed by atoms with Crippen LogP contribution in [-0.4, -0.2) is 31.4 Å². The lowest BCUT2D eigenvalue weighted by atomic mass is 9.87. The molecule has 26 heavy (non-hydrogen) atoms. The molecule has 0 bridgehead atoms. The van der Waals surface area contributed by atoms with E-state index >= 15 is 0 Å². The summed E-state index contributed by atoms with van der Waals surface area (Å²) < 4.78 is 0. The SMILES string of the molecule is OC1CCC(c2nccc(-c3cn[nH]c3-c3ccc(Cl)cc3Cl)n2)CC1. The number of benzene rings is 1. The van der Waals surface area contributed by atoms with Gasteiger partial charge in [-0.3, -0.25) is 5.10 Å². The van der Waals surface area contributed by atoms with Gasteiger partial charge in [0.15, 0.2) is 0 Å². The Morgan fingerprint density at radius 3 is 2.62 bits per heavy atom. The standard InChI is InChI=1S/C19H18Cl2N4O/c20-12-3-6-14(16(21)9-12)18-15(10-23-25-18)17-7-8-22-19(24-17)11-1-4-13(26)5-2-11/h3,6-11,13,26H,1-2,4-5H2,(H,23,25). The molecule has 0 saturated heterocycles. The number of hydrogen-bond donors (Lipinski definition) is 2. The fourth-order valence-electron chi connectivity index (χ4n) is 3.43. The lowest BCUT2D eigenvalue weighted by molar-refractivity contribution is 0.121. The minimum Gasteiger partial charge on any atom is -0.393 e. The van der Waals surface area contributed by atoms with E-state index in [1.165, 1.54) is 0 Å². The first-order chi connectivity index (χ1) is 12.6. The van der Waals surface area contributed by atoms with Crippen molar-refractivity contribution < 1.29 is 5.11 Å². The molecule has 0 spiro atoms. The quantitative estimate of drug-likeness (QED) is 0.671. The Labute approximate surface area is 161 Å². The first-order valence-electron chi connectivity index (χ1n) is 8.62. The Kier molecular flexibility index (Phi) is 4.94. The maximum absolute atomic E-state index is 9.71. The number of aromatic amines is 1. The Morgan fingerprint density at radius 1 is 1.04 bits per heavy atom. The summed E-state index contributed by atoms with van der Waals surface area (Å²) in [6.07, 6.45) is 6.75. The van der Waals surface area contributed by atoms with Crippen LogP contribution in [0.25, 0.3) is 22.5 Å². The molecule has 1 aromatic carbocycles. The molecule has 4 rings (SSSR count). The highest BCUT2D eigenvalue weighted by Gasteiger charge is 2.23. The van der Waals surface area contributed by atoms with Crippen molar-refractivity contribution >= 4 is 23.2 Å². The van der Waals surface area contributed by atoms with Gasteiger partial charge in [-0.05, 0) is 49.9 Å². The topological polar surface area (TPSA) is 74.7 Å². The summed E-state index contributed by atoms with van der Waals surface area (Å²) in [5.74, 6) is 1.11. The second-order valence-corrected chi connectivity index (χ2v) is 7.43. The third-order valence-corrected chi connectivity index (χ3v) is 5.40. The molecule has 0 amide bonds. The van der Waals surface area contributed by atoms with Crippen LogP contribution >= 0.6 is 23.2 Å². The minimum absolute atomic E-state index is 0.193. The zero-order chi connectivity index (χ0) is 18.1. The van der Waals surface area contributed by atoms with Crippen molar-refractivity contribution in [2.45, 2.75) is 37.7 Å². The van der Waals surface area contributed by atoms with Crippen LogP contribution in [0.5, 0.6) is 0 Å². The maximum atomic E-state index is 9.71. The number of H-pyrrole nitrogens is 1. The molecule has 3 aromatic rings. The summed E-state index contributed by atoms with van der Waals surface area (Å²) in [6, 6.07) is 7.25. The summed E-state index contributed by atoms with van der Waals surface area (Å²) in [4.78, 5) is 9.24. The lowest BCUT2D eigenvalue weighted by Gasteiger charge is -2.24. The highest BCUT2D eigenvalue weighted by atomic mass is 35.5. The first kappa shape index (κ1) is 17.5. The predicted octanol–water partition coefficient (Wildman–Crippen LogP) is 4.86. The molecule has 2 aromatic heterocycles. The first-order valence-corrected chi connectivity index (χ1v) is 9.37. The highest BCUT2D eigenvalue weighted by molar-refractivity contribution is 6.36. The van der Waals surface area contributed by atoms with Gasteiger partial charge in [-0.15, -0.1) is 0 Å².